The van der Waals surface area contributed by atoms with Crippen LogP contribution >= 0.6 is 11.3 Å². The maximum Gasteiger partial charge on any atom is 0.325 e. The molecule has 0 bridgehead atoms. The number of fused-ring (bicyclic) bond motifs is 2. The molecule has 136 valence electrons. The number of amides is 3. The predicted molar refractivity (Wildman–Crippen MR) is 97.2 cm³/mol. The van der Waals surface area contributed by atoms with Crippen LogP contribution in [0, 0.1) is 0 Å². The Kier molecular flexibility index (Phi) is 3.57. The number of carbonyl (C=O) groups is 2. The third-order valence-corrected chi connectivity index (χ3v) is 6.15. The van der Waals surface area contributed by atoms with Crippen LogP contribution in [0.5, 0.6) is 0 Å². The van der Waals surface area contributed by atoms with E-state index >= 15 is 0 Å². The monoisotopic (exact) mass is 380 g/mol. The highest BCUT2D eigenvalue weighted by molar-refractivity contribution is 7.10. The van der Waals surface area contributed by atoms with E-state index in [1.807, 2.05) is 41.8 Å². The van der Waals surface area contributed by atoms with E-state index in [1.54, 1.807) is 16.0 Å². The predicted octanol–water partition coefficient (Wildman–Crippen LogP) is 2.01. The van der Waals surface area contributed by atoms with E-state index < -0.39 is 11.6 Å². The number of aromatic nitrogens is 4. The largest absolute Gasteiger partial charge is 0.325 e. The summed E-state index contributed by atoms with van der Waals surface area (Å²) in [6, 6.07) is 10.9. The summed E-state index contributed by atoms with van der Waals surface area (Å²) in [5.41, 5.74) is 0.759. The fourth-order valence-corrected chi connectivity index (χ4v) is 4.90. The first-order valence-electron chi connectivity index (χ1n) is 8.73. The van der Waals surface area contributed by atoms with Crippen LogP contribution in [0.3, 0.4) is 0 Å². The number of urea groups is 1. The molecular formula is C18H16N6O2S. The van der Waals surface area contributed by atoms with Crippen LogP contribution in [-0.4, -0.2) is 37.0 Å². The van der Waals surface area contributed by atoms with Crippen molar-refractivity contribution in [3.05, 3.63) is 58.0 Å². The molecule has 5 rings (SSSR count). The summed E-state index contributed by atoms with van der Waals surface area (Å²) in [6.07, 6.45) is 2.43. The number of aryl methyl sites for hydroxylation is 1. The number of nitrogens with one attached hydrogen (secondary N) is 1. The molecule has 1 saturated heterocycles. The minimum absolute atomic E-state index is 0.0216. The number of carbonyl (C=O) groups excluding carboxylic acids is 2. The Labute approximate surface area is 158 Å². The van der Waals surface area contributed by atoms with Gasteiger partial charge in [0.05, 0.1) is 12.2 Å². The normalized spacial score (nSPS) is 21.6. The Morgan fingerprint density at radius 2 is 2.04 bits per heavy atom. The second-order valence-corrected chi connectivity index (χ2v) is 7.68. The fraction of sp³-hybridized carbons (Fsp3) is 0.278. The van der Waals surface area contributed by atoms with Gasteiger partial charge in [-0.3, -0.25) is 9.69 Å². The van der Waals surface area contributed by atoms with Gasteiger partial charge in [0.2, 0.25) is 0 Å². The quantitative estimate of drug-likeness (QED) is 0.702. The Bertz CT molecular complexity index is 1030. The van der Waals surface area contributed by atoms with Crippen LogP contribution in [0.15, 0.2) is 41.8 Å². The second-order valence-electron chi connectivity index (χ2n) is 6.68. The summed E-state index contributed by atoms with van der Waals surface area (Å²) in [6.45, 7) is 0.0216. The Hall–Kier alpha value is -3.07. The molecule has 9 heteroatoms. The third-order valence-electron chi connectivity index (χ3n) is 5.17. The lowest BCUT2D eigenvalue weighted by atomic mass is 9.80. The van der Waals surface area contributed by atoms with Gasteiger partial charge in [-0.15, -0.1) is 16.4 Å². The summed E-state index contributed by atoms with van der Waals surface area (Å²) < 4.78 is 1.54. The van der Waals surface area contributed by atoms with Crippen molar-refractivity contribution in [3.63, 3.8) is 0 Å². The zero-order chi connectivity index (χ0) is 18.4. The van der Waals surface area contributed by atoms with E-state index in [1.165, 1.54) is 9.78 Å². The molecule has 3 aromatic rings. The molecular weight excluding hydrogens is 364 g/mol. The van der Waals surface area contributed by atoms with Crippen molar-refractivity contribution in [2.45, 2.75) is 31.3 Å². The molecule has 1 fully saturated rings. The highest BCUT2D eigenvalue weighted by Crippen LogP contribution is 2.42. The smallest absolute Gasteiger partial charge is 0.319 e. The number of nitrogens with zero attached hydrogens (tertiary/aromatic N) is 5. The van der Waals surface area contributed by atoms with E-state index in [9.17, 15) is 9.59 Å². The van der Waals surface area contributed by atoms with Gasteiger partial charge in [-0.1, -0.05) is 18.2 Å². The van der Waals surface area contributed by atoms with Gasteiger partial charge in [0, 0.05) is 10.4 Å². The first kappa shape index (κ1) is 16.1. The summed E-state index contributed by atoms with van der Waals surface area (Å²) >= 11 is 1.64. The number of rotatable bonds is 3. The molecule has 1 aliphatic carbocycles. The van der Waals surface area contributed by atoms with Gasteiger partial charge in [0.25, 0.3) is 5.91 Å². The fourth-order valence-electron chi connectivity index (χ4n) is 3.90. The van der Waals surface area contributed by atoms with Gasteiger partial charge in [-0.25, -0.2) is 4.79 Å². The molecule has 0 unspecified atom stereocenters. The maximum absolute atomic E-state index is 13.3. The molecule has 1 aliphatic heterocycles. The Morgan fingerprint density at radius 3 is 2.89 bits per heavy atom. The number of para-hydroxylation sites is 1. The zero-order valence-corrected chi connectivity index (χ0v) is 15.1. The number of thiophene rings is 1. The molecule has 0 radical (unpaired) electrons. The van der Waals surface area contributed by atoms with Gasteiger partial charge in [0.15, 0.2) is 5.82 Å². The summed E-state index contributed by atoms with van der Waals surface area (Å²) in [7, 11) is 0. The van der Waals surface area contributed by atoms with E-state index in [-0.39, 0.29) is 12.5 Å². The van der Waals surface area contributed by atoms with Gasteiger partial charge >= 0.3 is 6.03 Å². The third kappa shape index (κ3) is 2.38. The van der Waals surface area contributed by atoms with E-state index in [2.05, 4.69) is 20.8 Å². The van der Waals surface area contributed by atoms with Crippen LogP contribution in [0.1, 0.15) is 29.1 Å². The SMILES string of the molecule is O=C1N[C@@]2(CCCc3sccc32)C(=O)N1Cc1nnnn1-c1ccccc1. The van der Waals surface area contributed by atoms with Gasteiger partial charge in [0.1, 0.15) is 5.54 Å². The summed E-state index contributed by atoms with van der Waals surface area (Å²) in [5.74, 6) is 0.206. The molecule has 27 heavy (non-hydrogen) atoms. The molecule has 2 aromatic heterocycles. The van der Waals surface area contributed by atoms with Crippen LogP contribution < -0.4 is 5.32 Å². The second kappa shape index (κ2) is 5.98. The number of hydrogen-bond acceptors (Lipinski definition) is 6. The first-order valence-corrected chi connectivity index (χ1v) is 9.61. The highest BCUT2D eigenvalue weighted by atomic mass is 32.1. The number of benzene rings is 1. The summed E-state index contributed by atoms with van der Waals surface area (Å²) in [4.78, 5) is 28.4. The summed E-state index contributed by atoms with van der Waals surface area (Å²) in [5, 5.41) is 16.7. The van der Waals surface area contributed by atoms with Gasteiger partial charge < -0.3 is 5.32 Å². The number of imide groups is 1. The lowest BCUT2D eigenvalue weighted by Crippen LogP contribution is -2.46. The average molecular weight is 380 g/mol. The molecule has 1 atom stereocenters. The van der Waals surface area contributed by atoms with Crippen LogP contribution in [0.4, 0.5) is 4.79 Å². The lowest BCUT2D eigenvalue weighted by molar-refractivity contribution is -0.132. The topological polar surface area (TPSA) is 93.0 Å². The van der Waals surface area contributed by atoms with Crippen LogP contribution in [0.2, 0.25) is 0 Å². The molecule has 1 N–H and O–H groups in total. The number of hydrogen-bond donors (Lipinski definition) is 1. The van der Waals surface area contributed by atoms with Crippen molar-refractivity contribution >= 4 is 23.3 Å². The minimum Gasteiger partial charge on any atom is -0.319 e. The molecule has 8 nitrogen and oxygen atoms in total. The Balaban J connectivity index is 1.48. The van der Waals surface area contributed by atoms with Crippen molar-refractivity contribution < 1.29 is 9.59 Å². The van der Waals surface area contributed by atoms with E-state index in [0.717, 1.165) is 24.1 Å². The van der Waals surface area contributed by atoms with Crippen LogP contribution in [0.25, 0.3) is 5.69 Å². The van der Waals surface area contributed by atoms with E-state index in [0.29, 0.717) is 12.2 Å². The lowest BCUT2D eigenvalue weighted by Gasteiger charge is -2.31. The molecule has 3 amide bonds. The highest BCUT2D eigenvalue weighted by Gasteiger charge is 2.54. The van der Waals surface area contributed by atoms with Crippen molar-refractivity contribution in [2.24, 2.45) is 0 Å². The van der Waals surface area contributed by atoms with Crippen molar-refractivity contribution in [3.8, 4) is 5.69 Å². The standard InChI is InChI=1S/C18H16N6O2S/c25-16-18(9-4-7-14-13(18)8-10-27-14)19-17(26)23(16)11-15-20-21-22-24(15)12-5-2-1-3-6-12/h1-3,5-6,8,10H,4,7,9,11H2,(H,19,26)/t18-/m1/s1. The number of tetrazole rings is 1. The zero-order valence-electron chi connectivity index (χ0n) is 14.3. The van der Waals surface area contributed by atoms with Crippen molar-refractivity contribution in [2.75, 3.05) is 0 Å². The Morgan fingerprint density at radius 1 is 1.19 bits per heavy atom. The molecule has 0 saturated carbocycles. The van der Waals surface area contributed by atoms with Crippen molar-refractivity contribution in [1.82, 2.24) is 30.4 Å². The molecule has 3 heterocycles. The minimum atomic E-state index is -0.949. The van der Waals surface area contributed by atoms with Crippen molar-refractivity contribution in [1.29, 1.82) is 0 Å². The van der Waals surface area contributed by atoms with Gasteiger partial charge in [-0.2, -0.15) is 4.68 Å². The van der Waals surface area contributed by atoms with Gasteiger partial charge in [-0.05, 0) is 53.3 Å². The molecule has 1 spiro atoms. The maximum atomic E-state index is 13.3. The molecule has 2 aliphatic rings. The van der Waals surface area contributed by atoms with E-state index in [4.69, 9.17) is 0 Å². The average Bonchev–Trinajstić information content (AvgIpc) is 3.40. The first-order chi connectivity index (χ1) is 13.2. The molecule has 1 aromatic carbocycles. The van der Waals surface area contributed by atoms with Crippen LogP contribution in [-0.2, 0) is 23.3 Å².